The van der Waals surface area contributed by atoms with Crippen molar-refractivity contribution in [2.75, 3.05) is 13.1 Å². The summed E-state index contributed by atoms with van der Waals surface area (Å²) in [4.78, 5) is 34.2. The predicted molar refractivity (Wildman–Crippen MR) is 116 cm³/mol. The van der Waals surface area contributed by atoms with Gasteiger partial charge in [0.25, 0.3) is 11.5 Å². The Hall–Kier alpha value is -3.25. The Kier molecular flexibility index (Phi) is 6.57. The molecule has 2 heterocycles. The molecule has 0 saturated heterocycles. The van der Waals surface area contributed by atoms with Crippen LogP contribution in [0, 0.1) is 0 Å². The summed E-state index contributed by atoms with van der Waals surface area (Å²) in [5, 5.41) is 3.81. The average Bonchev–Trinajstić information content (AvgIpc) is 2.71. The van der Waals surface area contributed by atoms with E-state index in [1.807, 2.05) is 37.3 Å². The number of aromatic nitrogens is 2. The lowest BCUT2D eigenvalue weighted by Gasteiger charge is -2.20. The van der Waals surface area contributed by atoms with Gasteiger partial charge >= 0.3 is 0 Å². The Balaban J connectivity index is 1.65. The molecular weight excluding hydrogens is 364 g/mol. The van der Waals surface area contributed by atoms with Gasteiger partial charge in [-0.15, -0.1) is 0 Å². The van der Waals surface area contributed by atoms with Crippen LogP contribution in [0.5, 0.6) is 0 Å². The van der Waals surface area contributed by atoms with Crippen molar-refractivity contribution in [1.82, 2.24) is 20.2 Å². The summed E-state index contributed by atoms with van der Waals surface area (Å²) < 4.78 is 0. The topological polar surface area (TPSA) is 78.1 Å². The van der Waals surface area contributed by atoms with Crippen LogP contribution < -0.4 is 10.9 Å². The lowest BCUT2D eigenvalue weighted by atomic mass is 10.1. The fourth-order valence-electron chi connectivity index (χ4n) is 3.18. The minimum absolute atomic E-state index is 0.102. The maximum absolute atomic E-state index is 12.5. The van der Waals surface area contributed by atoms with E-state index >= 15 is 0 Å². The second kappa shape index (κ2) is 9.30. The number of fused-ring (bicyclic) bond motifs is 1. The molecule has 1 aromatic carbocycles. The number of para-hydroxylation sites is 1. The van der Waals surface area contributed by atoms with Crippen LogP contribution in [0.15, 0.2) is 65.6 Å². The number of benzene rings is 1. The van der Waals surface area contributed by atoms with Crippen LogP contribution in [0.3, 0.4) is 0 Å². The van der Waals surface area contributed by atoms with Crippen molar-refractivity contribution in [3.63, 3.8) is 0 Å². The van der Waals surface area contributed by atoms with Crippen molar-refractivity contribution in [2.45, 2.75) is 26.9 Å². The van der Waals surface area contributed by atoms with E-state index in [4.69, 9.17) is 0 Å². The Morgan fingerprint density at radius 1 is 1.24 bits per heavy atom. The van der Waals surface area contributed by atoms with Gasteiger partial charge in [0.05, 0.1) is 5.52 Å². The van der Waals surface area contributed by atoms with Gasteiger partial charge in [0.2, 0.25) is 0 Å². The normalized spacial score (nSPS) is 11.0. The highest BCUT2D eigenvalue weighted by Gasteiger charge is 2.12. The van der Waals surface area contributed by atoms with E-state index in [1.165, 1.54) is 0 Å². The first-order chi connectivity index (χ1) is 14.0. The zero-order valence-electron chi connectivity index (χ0n) is 16.9. The molecular formula is C23H26N4O2. The van der Waals surface area contributed by atoms with E-state index in [9.17, 15) is 9.59 Å². The highest BCUT2D eigenvalue weighted by Crippen LogP contribution is 2.12. The lowest BCUT2D eigenvalue weighted by molar-refractivity contribution is 0.0949. The number of hydrogen-bond acceptors (Lipinski definition) is 4. The number of aromatic amines is 1. The molecule has 0 spiro atoms. The van der Waals surface area contributed by atoms with Gasteiger partial charge in [0.1, 0.15) is 5.56 Å². The zero-order chi connectivity index (χ0) is 20.8. The smallest absolute Gasteiger partial charge is 0.261 e. The van der Waals surface area contributed by atoms with Crippen LogP contribution in [0.2, 0.25) is 0 Å². The number of likely N-dealkylation sites (N-methyl/N-ethyl adjacent to an activating group) is 1. The van der Waals surface area contributed by atoms with Crippen molar-refractivity contribution in [2.24, 2.45) is 0 Å². The molecule has 3 rings (SSSR count). The van der Waals surface area contributed by atoms with Crippen LogP contribution >= 0.6 is 0 Å². The first-order valence-electron chi connectivity index (χ1n) is 9.67. The predicted octanol–water partition coefficient (Wildman–Crippen LogP) is 3.25. The molecule has 6 heteroatoms. The Morgan fingerprint density at radius 3 is 2.76 bits per heavy atom. The van der Waals surface area contributed by atoms with Crippen LogP contribution in [-0.4, -0.2) is 33.9 Å². The first kappa shape index (κ1) is 20.5. The maximum Gasteiger partial charge on any atom is 0.261 e. The summed E-state index contributed by atoms with van der Waals surface area (Å²) in [5.74, 6) is -0.403. The SMILES string of the molecule is C=C(C)CN(CC)Cc1ccc(C(=O)NCc2cnc3ccccc3c2)c(=O)[nH]1. The molecule has 3 aromatic rings. The molecule has 2 N–H and O–H groups in total. The van der Waals surface area contributed by atoms with Gasteiger partial charge in [-0.3, -0.25) is 19.5 Å². The molecule has 0 aliphatic rings. The monoisotopic (exact) mass is 390 g/mol. The summed E-state index contributed by atoms with van der Waals surface area (Å²) in [7, 11) is 0. The number of hydrogen-bond donors (Lipinski definition) is 2. The molecule has 1 amide bonds. The molecule has 0 fully saturated rings. The molecule has 0 aliphatic carbocycles. The second-order valence-corrected chi connectivity index (χ2v) is 7.21. The first-order valence-corrected chi connectivity index (χ1v) is 9.67. The molecule has 150 valence electrons. The van der Waals surface area contributed by atoms with E-state index in [0.29, 0.717) is 13.1 Å². The molecule has 29 heavy (non-hydrogen) atoms. The van der Waals surface area contributed by atoms with Gasteiger partial charge < -0.3 is 10.3 Å². The summed E-state index contributed by atoms with van der Waals surface area (Å²) in [6.45, 7) is 10.5. The minimum Gasteiger partial charge on any atom is -0.348 e. The molecule has 0 atom stereocenters. The molecule has 2 aromatic heterocycles. The van der Waals surface area contributed by atoms with E-state index in [0.717, 1.165) is 40.8 Å². The number of nitrogens with one attached hydrogen (secondary N) is 2. The number of H-pyrrole nitrogens is 1. The van der Waals surface area contributed by atoms with E-state index < -0.39 is 5.91 Å². The van der Waals surface area contributed by atoms with Crippen molar-refractivity contribution in [1.29, 1.82) is 0 Å². The number of carbonyl (C=O) groups is 1. The maximum atomic E-state index is 12.5. The molecule has 0 radical (unpaired) electrons. The molecule has 0 unspecified atom stereocenters. The quantitative estimate of drug-likeness (QED) is 0.579. The number of pyridine rings is 2. The van der Waals surface area contributed by atoms with Crippen LogP contribution in [0.4, 0.5) is 0 Å². The summed E-state index contributed by atoms with van der Waals surface area (Å²) in [6, 6.07) is 13.1. The Labute approximate surface area is 170 Å². The summed E-state index contributed by atoms with van der Waals surface area (Å²) in [5.41, 5.74) is 3.33. The van der Waals surface area contributed by atoms with Crippen molar-refractivity contribution in [3.8, 4) is 0 Å². The highest BCUT2D eigenvalue weighted by atomic mass is 16.2. The van der Waals surface area contributed by atoms with Crippen LogP contribution in [0.1, 0.15) is 35.5 Å². The lowest BCUT2D eigenvalue weighted by Crippen LogP contribution is -2.31. The van der Waals surface area contributed by atoms with Gasteiger partial charge in [-0.05, 0) is 43.3 Å². The van der Waals surface area contributed by atoms with E-state index in [2.05, 4.69) is 33.7 Å². The number of amides is 1. The van der Waals surface area contributed by atoms with Crippen molar-refractivity contribution < 1.29 is 4.79 Å². The van der Waals surface area contributed by atoms with Crippen LogP contribution in [-0.2, 0) is 13.1 Å². The fraction of sp³-hybridized carbons (Fsp3) is 0.261. The standard InChI is InChI=1S/C23H26N4O2/c1-4-27(14-16(2)3)15-19-9-10-20(23(29)26-19)22(28)25-13-17-11-18-7-5-6-8-21(18)24-12-17/h5-12H,2,4,13-15H2,1,3H3,(H,25,28)(H,26,29). The molecule has 0 aliphatic heterocycles. The van der Waals surface area contributed by atoms with E-state index in [-0.39, 0.29) is 11.1 Å². The zero-order valence-corrected chi connectivity index (χ0v) is 16.9. The molecule has 0 saturated carbocycles. The summed E-state index contributed by atoms with van der Waals surface area (Å²) in [6.07, 6.45) is 1.73. The Morgan fingerprint density at radius 2 is 2.03 bits per heavy atom. The van der Waals surface area contributed by atoms with Crippen LogP contribution in [0.25, 0.3) is 10.9 Å². The van der Waals surface area contributed by atoms with E-state index in [1.54, 1.807) is 18.3 Å². The number of carbonyl (C=O) groups excluding carboxylic acids is 1. The third-order valence-corrected chi connectivity index (χ3v) is 4.65. The van der Waals surface area contributed by atoms with Gasteiger partial charge in [-0.2, -0.15) is 0 Å². The van der Waals surface area contributed by atoms with Crippen molar-refractivity contribution in [3.05, 3.63) is 88.0 Å². The fourth-order valence-corrected chi connectivity index (χ4v) is 3.18. The Bertz CT molecular complexity index is 1090. The third kappa shape index (κ3) is 5.39. The van der Waals surface area contributed by atoms with Crippen molar-refractivity contribution >= 4 is 16.8 Å². The molecule has 0 bridgehead atoms. The van der Waals surface area contributed by atoms with Gasteiger partial charge in [-0.25, -0.2) is 0 Å². The largest absolute Gasteiger partial charge is 0.348 e. The average molecular weight is 390 g/mol. The highest BCUT2D eigenvalue weighted by molar-refractivity contribution is 5.93. The molecule has 6 nitrogen and oxygen atoms in total. The summed E-state index contributed by atoms with van der Waals surface area (Å²) >= 11 is 0. The second-order valence-electron chi connectivity index (χ2n) is 7.21. The van der Waals surface area contributed by atoms with Gasteiger partial charge in [0.15, 0.2) is 0 Å². The minimum atomic E-state index is -0.403. The third-order valence-electron chi connectivity index (χ3n) is 4.65. The number of nitrogens with zero attached hydrogens (tertiary/aromatic N) is 2. The van der Waals surface area contributed by atoms with Gasteiger partial charge in [-0.1, -0.05) is 37.3 Å². The van der Waals surface area contributed by atoms with Gasteiger partial charge in [0, 0.05) is 36.9 Å². The number of rotatable bonds is 8.